The van der Waals surface area contributed by atoms with E-state index < -0.39 is 0 Å². The van der Waals surface area contributed by atoms with Crippen LogP contribution in [-0.4, -0.2) is 36.1 Å². The fourth-order valence-corrected chi connectivity index (χ4v) is 3.38. The lowest BCUT2D eigenvalue weighted by atomic mass is 9.98. The fourth-order valence-electron chi connectivity index (χ4n) is 2.43. The van der Waals surface area contributed by atoms with Gasteiger partial charge < -0.3 is 0 Å². The van der Waals surface area contributed by atoms with E-state index in [-0.39, 0.29) is 11.7 Å². The summed E-state index contributed by atoms with van der Waals surface area (Å²) in [5, 5.41) is 0. The number of aryl methyl sites for hydroxylation is 2. The fraction of sp³-hybridized carbons (Fsp3) is 0.571. The van der Waals surface area contributed by atoms with Gasteiger partial charge in [-0.05, 0) is 19.9 Å². The highest BCUT2D eigenvalue weighted by molar-refractivity contribution is 7.12. The third-order valence-electron chi connectivity index (χ3n) is 3.46. The molecule has 1 fully saturated rings. The number of likely N-dealkylation sites (tertiary alicyclic amines) is 1. The Morgan fingerprint density at radius 2 is 2.22 bits per heavy atom. The highest BCUT2D eigenvalue weighted by Gasteiger charge is 2.25. The predicted octanol–water partition coefficient (Wildman–Crippen LogP) is 2.46. The minimum absolute atomic E-state index is 0.0665. The lowest BCUT2D eigenvalue weighted by Crippen LogP contribution is -2.42. The number of thiophene rings is 1. The number of ketones is 2. The van der Waals surface area contributed by atoms with Gasteiger partial charge in [-0.2, -0.15) is 0 Å². The molecule has 1 aliphatic rings. The third-order valence-corrected chi connectivity index (χ3v) is 4.43. The second-order valence-electron chi connectivity index (χ2n) is 5.10. The Balaban J connectivity index is 2.00. The van der Waals surface area contributed by atoms with E-state index in [9.17, 15) is 9.59 Å². The average Bonchev–Trinajstić information content (AvgIpc) is 2.63. The maximum atomic E-state index is 12.2. The molecule has 1 atom stereocenters. The molecule has 4 heteroatoms. The Hall–Kier alpha value is -1.00. The largest absolute Gasteiger partial charge is 0.299 e. The Kier molecular flexibility index (Phi) is 3.97. The Morgan fingerprint density at radius 3 is 2.78 bits per heavy atom. The zero-order valence-corrected chi connectivity index (χ0v) is 12.0. The van der Waals surface area contributed by atoms with E-state index in [4.69, 9.17) is 0 Å². The van der Waals surface area contributed by atoms with Gasteiger partial charge in [0.2, 0.25) is 0 Å². The van der Waals surface area contributed by atoms with Crippen molar-refractivity contribution in [3.05, 3.63) is 21.4 Å². The molecule has 0 amide bonds. The van der Waals surface area contributed by atoms with Crippen LogP contribution in [0.5, 0.6) is 0 Å². The molecule has 1 aromatic heterocycles. The first-order valence-corrected chi connectivity index (χ1v) is 7.14. The van der Waals surface area contributed by atoms with Crippen molar-refractivity contribution >= 4 is 22.9 Å². The molecule has 0 aromatic carbocycles. The molecule has 1 saturated heterocycles. The summed E-state index contributed by atoms with van der Waals surface area (Å²) in [4.78, 5) is 28.0. The molecular formula is C14H19NO2S. The van der Waals surface area contributed by atoms with Gasteiger partial charge in [-0.25, -0.2) is 0 Å². The molecule has 2 rings (SSSR count). The Morgan fingerprint density at radius 1 is 1.50 bits per heavy atom. The normalized spacial score (nSPS) is 21.3. The molecule has 0 saturated carbocycles. The summed E-state index contributed by atoms with van der Waals surface area (Å²) in [5.74, 6) is 0.566. The van der Waals surface area contributed by atoms with Crippen LogP contribution in [0.2, 0.25) is 0 Å². The zero-order chi connectivity index (χ0) is 13.3. The molecule has 0 spiro atoms. The average molecular weight is 265 g/mol. The van der Waals surface area contributed by atoms with E-state index in [0.717, 1.165) is 17.0 Å². The van der Waals surface area contributed by atoms with Gasteiger partial charge >= 0.3 is 0 Å². The van der Waals surface area contributed by atoms with Crippen molar-refractivity contribution in [3.8, 4) is 0 Å². The number of carbonyl (C=O) groups excluding carboxylic acids is 2. The van der Waals surface area contributed by atoms with Crippen LogP contribution < -0.4 is 0 Å². The van der Waals surface area contributed by atoms with Crippen LogP contribution in [0.3, 0.4) is 0 Å². The smallest absolute Gasteiger partial charge is 0.177 e. The summed E-state index contributed by atoms with van der Waals surface area (Å²) in [6.45, 7) is 7.83. The first kappa shape index (κ1) is 13.4. The Labute approximate surface area is 112 Å². The highest BCUT2D eigenvalue weighted by Crippen LogP contribution is 2.22. The minimum atomic E-state index is 0.0665. The molecule has 1 aromatic rings. The van der Waals surface area contributed by atoms with Gasteiger partial charge in [0.25, 0.3) is 0 Å². The summed E-state index contributed by atoms with van der Waals surface area (Å²) >= 11 is 1.67. The monoisotopic (exact) mass is 265 g/mol. The van der Waals surface area contributed by atoms with Crippen LogP contribution in [-0.2, 0) is 4.79 Å². The van der Waals surface area contributed by atoms with Crippen LogP contribution in [0.15, 0.2) is 6.07 Å². The van der Waals surface area contributed by atoms with Crippen LogP contribution in [0.25, 0.3) is 0 Å². The van der Waals surface area contributed by atoms with Crippen LogP contribution in [0.4, 0.5) is 0 Å². The molecule has 0 N–H and O–H groups in total. The van der Waals surface area contributed by atoms with Crippen molar-refractivity contribution in [2.24, 2.45) is 5.92 Å². The summed E-state index contributed by atoms with van der Waals surface area (Å²) in [6.07, 6.45) is 0.579. The number of Topliss-reactive ketones (excluding diaryl/α,β-unsaturated/α-hetero) is 2. The molecule has 2 heterocycles. The van der Waals surface area contributed by atoms with E-state index in [0.29, 0.717) is 25.3 Å². The van der Waals surface area contributed by atoms with E-state index in [1.54, 1.807) is 11.3 Å². The molecule has 1 aliphatic heterocycles. The van der Waals surface area contributed by atoms with Crippen molar-refractivity contribution in [1.82, 2.24) is 4.90 Å². The van der Waals surface area contributed by atoms with E-state index >= 15 is 0 Å². The van der Waals surface area contributed by atoms with Gasteiger partial charge in [-0.15, -0.1) is 11.3 Å². The van der Waals surface area contributed by atoms with Crippen molar-refractivity contribution < 1.29 is 9.59 Å². The first-order chi connectivity index (χ1) is 8.47. The highest BCUT2D eigenvalue weighted by atomic mass is 32.1. The van der Waals surface area contributed by atoms with Gasteiger partial charge in [-0.3, -0.25) is 14.5 Å². The van der Waals surface area contributed by atoms with Gasteiger partial charge in [0.15, 0.2) is 5.78 Å². The van der Waals surface area contributed by atoms with E-state index in [1.165, 1.54) is 4.88 Å². The van der Waals surface area contributed by atoms with Crippen LogP contribution in [0, 0.1) is 19.8 Å². The van der Waals surface area contributed by atoms with Crippen molar-refractivity contribution in [2.75, 3.05) is 19.6 Å². The van der Waals surface area contributed by atoms with Gasteiger partial charge in [0.1, 0.15) is 5.78 Å². The molecule has 1 unspecified atom stereocenters. The van der Waals surface area contributed by atoms with Gasteiger partial charge in [0.05, 0.1) is 6.54 Å². The van der Waals surface area contributed by atoms with Crippen molar-refractivity contribution in [1.29, 1.82) is 0 Å². The maximum absolute atomic E-state index is 12.2. The molecule has 3 nitrogen and oxygen atoms in total. The number of carbonyl (C=O) groups is 2. The molecule has 0 radical (unpaired) electrons. The van der Waals surface area contributed by atoms with Gasteiger partial charge in [-0.1, -0.05) is 6.92 Å². The molecule has 0 bridgehead atoms. The van der Waals surface area contributed by atoms with Crippen molar-refractivity contribution in [2.45, 2.75) is 27.2 Å². The van der Waals surface area contributed by atoms with E-state index in [2.05, 4.69) is 4.90 Å². The number of piperidine rings is 1. The lowest BCUT2D eigenvalue weighted by molar-refractivity contribution is -0.125. The second kappa shape index (κ2) is 5.33. The number of hydrogen-bond donors (Lipinski definition) is 0. The summed E-state index contributed by atoms with van der Waals surface area (Å²) in [7, 11) is 0. The topological polar surface area (TPSA) is 37.4 Å². The predicted molar refractivity (Wildman–Crippen MR) is 73.4 cm³/mol. The summed E-state index contributed by atoms with van der Waals surface area (Å²) in [5.41, 5.74) is 0.849. The molecule has 18 heavy (non-hydrogen) atoms. The molecule has 98 valence electrons. The zero-order valence-electron chi connectivity index (χ0n) is 11.2. The minimum Gasteiger partial charge on any atom is -0.299 e. The second-order valence-corrected chi connectivity index (χ2v) is 6.56. The molecule has 0 aliphatic carbocycles. The number of nitrogens with zero attached hydrogens (tertiary/aromatic N) is 1. The standard InChI is InChI=1S/C14H19NO2S/c1-9-7-15(5-4-13(9)16)8-14(17)12-6-10(2)18-11(12)3/h6,9H,4-5,7-8H2,1-3H3. The van der Waals surface area contributed by atoms with E-state index in [1.807, 2.05) is 26.8 Å². The number of rotatable bonds is 3. The Bertz CT molecular complexity index is 478. The number of hydrogen-bond acceptors (Lipinski definition) is 4. The van der Waals surface area contributed by atoms with Gasteiger partial charge in [0, 0.05) is 40.7 Å². The lowest BCUT2D eigenvalue weighted by Gasteiger charge is -2.29. The third kappa shape index (κ3) is 2.87. The van der Waals surface area contributed by atoms with Crippen LogP contribution in [0.1, 0.15) is 33.5 Å². The summed E-state index contributed by atoms with van der Waals surface area (Å²) in [6, 6.07) is 1.97. The van der Waals surface area contributed by atoms with Crippen molar-refractivity contribution in [3.63, 3.8) is 0 Å². The quantitative estimate of drug-likeness (QED) is 0.788. The van der Waals surface area contributed by atoms with Crippen LogP contribution >= 0.6 is 11.3 Å². The summed E-state index contributed by atoms with van der Waals surface area (Å²) < 4.78 is 0. The molecular weight excluding hydrogens is 246 g/mol. The SMILES string of the molecule is Cc1cc(C(=O)CN2CCC(=O)C(C)C2)c(C)s1. The maximum Gasteiger partial charge on any atom is 0.177 e. The first-order valence-electron chi connectivity index (χ1n) is 6.32.